The molecule has 0 spiro atoms. The maximum absolute atomic E-state index is 13.5. The fourth-order valence-electron chi connectivity index (χ4n) is 8.54. The van der Waals surface area contributed by atoms with Crippen LogP contribution < -0.4 is 10.2 Å². The SMILES string of the molecule is CC/C=C\C/C=C\C/C=C\C/C=C\C/C=C\CCCCCCCC(=O)OC(/C=C/CCCCCCCCCCC)C(COP(=O)([O-])OCC[N+](C)(C)C)NC(=O)CCCCCCCCC/C=C/CCCCCCCC. The number of nitrogens with zero attached hydrogens (tertiary/aromatic N) is 1. The molecule has 1 N–H and O–H groups in total. The van der Waals surface area contributed by atoms with Crippen LogP contribution >= 0.6 is 7.82 Å². The number of allylic oxidation sites excluding steroid dienone is 13. The van der Waals surface area contributed by atoms with Gasteiger partial charge in [0.25, 0.3) is 7.82 Å². The minimum absolute atomic E-state index is 0.0297. The van der Waals surface area contributed by atoms with Crippen molar-refractivity contribution in [2.24, 2.45) is 0 Å². The number of carbonyl (C=O) groups excluding carboxylic acids is 2. The van der Waals surface area contributed by atoms with Crippen molar-refractivity contribution in [3.63, 3.8) is 0 Å². The third kappa shape index (κ3) is 55.7. The van der Waals surface area contributed by atoms with E-state index >= 15 is 0 Å². The van der Waals surface area contributed by atoms with Gasteiger partial charge in [-0.2, -0.15) is 0 Å². The summed E-state index contributed by atoms with van der Waals surface area (Å²) in [7, 11) is 1.16. The molecule has 3 atom stereocenters. The first-order chi connectivity index (χ1) is 36.4. The molecule has 0 aromatic heterocycles. The summed E-state index contributed by atoms with van der Waals surface area (Å²) in [6.45, 7) is 6.70. The van der Waals surface area contributed by atoms with Gasteiger partial charge < -0.3 is 28.5 Å². The van der Waals surface area contributed by atoms with E-state index in [1.807, 2.05) is 33.3 Å². The van der Waals surface area contributed by atoms with Crippen LogP contribution in [0.2, 0.25) is 0 Å². The lowest BCUT2D eigenvalue weighted by Crippen LogP contribution is -2.47. The molecule has 0 fully saturated rings. The minimum atomic E-state index is -4.71. The Balaban J connectivity index is 5.27. The third-order valence-corrected chi connectivity index (χ3v) is 14.3. The van der Waals surface area contributed by atoms with E-state index in [1.54, 1.807) is 0 Å². The number of hydrogen-bond donors (Lipinski definition) is 1. The summed E-state index contributed by atoms with van der Waals surface area (Å²) in [5, 5.41) is 3.02. The highest BCUT2D eigenvalue weighted by Crippen LogP contribution is 2.38. The monoisotopic (exact) mass is 1070 g/mol. The number of rotatable bonds is 55. The number of esters is 1. The van der Waals surface area contributed by atoms with Crippen LogP contribution in [-0.2, 0) is 27.9 Å². The lowest BCUT2D eigenvalue weighted by atomic mass is 10.1. The molecule has 0 aliphatic carbocycles. The van der Waals surface area contributed by atoms with Crippen LogP contribution in [0.25, 0.3) is 0 Å². The predicted octanol–water partition coefficient (Wildman–Crippen LogP) is 18.4. The van der Waals surface area contributed by atoms with Gasteiger partial charge >= 0.3 is 5.97 Å². The largest absolute Gasteiger partial charge is 0.756 e. The first-order valence-electron chi connectivity index (χ1n) is 30.9. The van der Waals surface area contributed by atoms with Crippen LogP contribution in [-0.4, -0.2) is 69.4 Å². The van der Waals surface area contributed by atoms with Crippen molar-refractivity contribution in [1.29, 1.82) is 0 Å². The lowest BCUT2D eigenvalue weighted by Gasteiger charge is -2.30. The molecular weight excluding hydrogens is 952 g/mol. The normalized spacial score (nSPS) is 14.3. The van der Waals surface area contributed by atoms with E-state index in [4.69, 9.17) is 13.8 Å². The van der Waals surface area contributed by atoms with E-state index in [2.05, 4.69) is 99.0 Å². The molecule has 0 aliphatic rings. The molecule has 0 rings (SSSR count). The van der Waals surface area contributed by atoms with E-state index in [-0.39, 0.29) is 24.9 Å². The fraction of sp³-hybridized carbons (Fsp3) is 0.754. The van der Waals surface area contributed by atoms with Gasteiger partial charge in [-0.15, -0.1) is 0 Å². The van der Waals surface area contributed by atoms with Crippen molar-refractivity contribution in [2.75, 3.05) is 40.9 Å². The van der Waals surface area contributed by atoms with Gasteiger partial charge in [-0.3, -0.25) is 14.2 Å². The molecule has 0 aliphatic heterocycles. The first-order valence-corrected chi connectivity index (χ1v) is 32.4. The molecule has 75 heavy (non-hydrogen) atoms. The second kappa shape index (κ2) is 54.5. The van der Waals surface area contributed by atoms with E-state index in [9.17, 15) is 19.0 Å². The summed E-state index contributed by atoms with van der Waals surface area (Å²) in [4.78, 5) is 40.0. The Hall–Kier alpha value is -2.81. The lowest BCUT2D eigenvalue weighted by molar-refractivity contribution is -0.870. The molecule has 10 heteroatoms. The molecule has 0 bridgehead atoms. The Labute approximate surface area is 463 Å². The van der Waals surface area contributed by atoms with Crippen molar-refractivity contribution >= 4 is 19.7 Å². The quantitative estimate of drug-likeness (QED) is 0.0212. The van der Waals surface area contributed by atoms with Crippen molar-refractivity contribution < 1.29 is 37.3 Å². The fourth-order valence-corrected chi connectivity index (χ4v) is 9.27. The molecule has 1 amide bonds. The standard InChI is InChI=1S/C65H117N2O7P/c1-7-10-13-16-19-22-25-27-29-31-32-33-34-36-38-40-43-46-49-52-55-58-65(69)74-63(56-53-50-47-44-41-24-21-18-15-12-9-3)62(61-73-75(70,71)72-60-59-67(4,5)6)66-64(68)57-54-51-48-45-42-39-37-35-30-28-26-23-20-17-14-11-8-2/h10,13,19,22,27-30,32-33,36,38,53,56,62-63H,7-9,11-12,14-18,20-21,23-26,31,34-35,37,39-52,54-55,57-61H2,1-6H3,(H-,66,68,70,71)/b13-10-,22-19-,29-27-,30-28+,33-32-,38-36-,56-53+. The number of carbonyl (C=O) groups is 2. The summed E-state index contributed by atoms with van der Waals surface area (Å²) in [5.41, 5.74) is 0. The topological polar surface area (TPSA) is 114 Å². The molecule has 0 aromatic carbocycles. The zero-order chi connectivity index (χ0) is 55.0. The third-order valence-electron chi connectivity index (χ3n) is 13.3. The van der Waals surface area contributed by atoms with E-state index in [0.717, 1.165) is 116 Å². The van der Waals surface area contributed by atoms with Crippen molar-refractivity contribution in [3.05, 3.63) is 85.1 Å². The molecule has 9 nitrogen and oxygen atoms in total. The minimum Gasteiger partial charge on any atom is -0.756 e. The van der Waals surface area contributed by atoms with Crippen LogP contribution in [0.1, 0.15) is 265 Å². The van der Waals surface area contributed by atoms with Crippen LogP contribution in [0.5, 0.6) is 0 Å². The van der Waals surface area contributed by atoms with Crippen molar-refractivity contribution in [1.82, 2.24) is 5.32 Å². The molecule has 0 saturated heterocycles. The second-order valence-corrected chi connectivity index (χ2v) is 23.2. The highest BCUT2D eigenvalue weighted by atomic mass is 31.2. The van der Waals surface area contributed by atoms with Gasteiger partial charge in [0, 0.05) is 12.8 Å². The van der Waals surface area contributed by atoms with E-state index in [1.165, 1.54) is 109 Å². The zero-order valence-electron chi connectivity index (χ0n) is 49.5. The highest BCUT2D eigenvalue weighted by Gasteiger charge is 2.27. The highest BCUT2D eigenvalue weighted by molar-refractivity contribution is 7.45. The number of quaternary nitrogens is 1. The summed E-state index contributed by atoms with van der Waals surface area (Å²) in [6, 6.07) is -0.902. The summed E-state index contributed by atoms with van der Waals surface area (Å²) >= 11 is 0. The smallest absolute Gasteiger partial charge is 0.306 e. The maximum atomic E-state index is 13.5. The molecule has 434 valence electrons. The number of amides is 1. The number of phosphoric acid groups is 1. The number of likely N-dealkylation sites (N-methyl/N-ethyl adjacent to an activating group) is 1. The first kappa shape index (κ1) is 72.2. The molecule has 3 unspecified atom stereocenters. The Kier molecular flexibility index (Phi) is 52.5. The van der Waals surface area contributed by atoms with Crippen LogP contribution in [0.15, 0.2) is 85.1 Å². The predicted molar refractivity (Wildman–Crippen MR) is 321 cm³/mol. The number of unbranched alkanes of at least 4 members (excludes halogenated alkanes) is 27. The number of ether oxygens (including phenoxy) is 1. The molecule has 0 saturated carbocycles. The van der Waals surface area contributed by atoms with Crippen molar-refractivity contribution in [3.8, 4) is 0 Å². The average Bonchev–Trinajstić information content (AvgIpc) is 3.37. The van der Waals surface area contributed by atoms with Gasteiger partial charge in [0.1, 0.15) is 19.3 Å². The number of hydrogen-bond acceptors (Lipinski definition) is 7. The van der Waals surface area contributed by atoms with E-state index < -0.39 is 26.6 Å². The Morgan fingerprint density at radius 1 is 0.480 bits per heavy atom. The molecular formula is C65H117N2O7P. The van der Waals surface area contributed by atoms with Crippen molar-refractivity contribution in [2.45, 2.75) is 277 Å². The zero-order valence-corrected chi connectivity index (χ0v) is 50.4. The molecule has 0 heterocycles. The van der Waals surface area contributed by atoms with Gasteiger partial charge in [-0.1, -0.05) is 235 Å². The van der Waals surface area contributed by atoms with Crippen LogP contribution in [0, 0.1) is 0 Å². The number of phosphoric ester groups is 1. The van der Waals surface area contributed by atoms with Gasteiger partial charge in [0.05, 0.1) is 33.8 Å². The summed E-state index contributed by atoms with van der Waals surface area (Å²) in [6.07, 6.45) is 71.2. The van der Waals surface area contributed by atoms with Gasteiger partial charge in [-0.25, -0.2) is 0 Å². The van der Waals surface area contributed by atoms with Crippen LogP contribution in [0.4, 0.5) is 0 Å². The summed E-state index contributed by atoms with van der Waals surface area (Å²) < 4.78 is 30.3. The maximum Gasteiger partial charge on any atom is 0.306 e. The Bertz CT molecular complexity index is 1560. The molecule has 0 radical (unpaired) electrons. The Morgan fingerprint density at radius 2 is 0.853 bits per heavy atom. The molecule has 0 aromatic rings. The number of nitrogens with one attached hydrogen (secondary N) is 1. The second-order valence-electron chi connectivity index (χ2n) is 21.8. The van der Waals surface area contributed by atoms with Gasteiger partial charge in [-0.05, 0) is 102 Å². The average molecular weight is 1070 g/mol. The van der Waals surface area contributed by atoms with E-state index in [0.29, 0.717) is 23.9 Å². The van der Waals surface area contributed by atoms with Crippen LogP contribution in [0.3, 0.4) is 0 Å². The van der Waals surface area contributed by atoms with Gasteiger partial charge in [0.2, 0.25) is 5.91 Å². The Morgan fingerprint density at radius 3 is 1.29 bits per heavy atom. The van der Waals surface area contributed by atoms with Gasteiger partial charge in [0.15, 0.2) is 0 Å². The summed E-state index contributed by atoms with van der Waals surface area (Å²) in [5.74, 6) is -0.569.